The van der Waals surface area contributed by atoms with E-state index in [-0.39, 0.29) is 11.9 Å². The van der Waals surface area contributed by atoms with Crippen LogP contribution in [0.3, 0.4) is 0 Å². The van der Waals surface area contributed by atoms with Gasteiger partial charge >= 0.3 is 5.97 Å². The highest BCUT2D eigenvalue weighted by Crippen LogP contribution is 2.38. The fourth-order valence-corrected chi connectivity index (χ4v) is 6.52. The van der Waals surface area contributed by atoms with Gasteiger partial charge in [0.05, 0.1) is 18.7 Å². The lowest BCUT2D eigenvalue weighted by Gasteiger charge is -2.34. The zero-order valence-corrected chi connectivity index (χ0v) is 20.7. The molecular weight excluding hydrogens is 434 g/mol. The maximum absolute atomic E-state index is 12.9. The van der Waals surface area contributed by atoms with Crippen molar-refractivity contribution >= 4 is 28.2 Å². The first-order chi connectivity index (χ1) is 15.9. The number of ether oxygens (including phenoxy) is 1. The number of benzene rings is 1. The smallest absolute Gasteiger partial charge is 0.341 e. The Morgan fingerprint density at radius 1 is 1.12 bits per heavy atom. The maximum atomic E-state index is 12.9. The van der Waals surface area contributed by atoms with Crippen LogP contribution in [0.4, 0.5) is 5.00 Å². The van der Waals surface area contributed by atoms with Crippen LogP contribution in [-0.2, 0) is 29.0 Å². The van der Waals surface area contributed by atoms with E-state index >= 15 is 0 Å². The summed E-state index contributed by atoms with van der Waals surface area (Å²) >= 11 is 1.53. The molecule has 2 atom stereocenters. The molecule has 1 N–H and O–H groups in total. The van der Waals surface area contributed by atoms with E-state index in [9.17, 15) is 9.59 Å². The van der Waals surface area contributed by atoms with E-state index in [0.717, 1.165) is 49.6 Å². The van der Waals surface area contributed by atoms with Crippen molar-refractivity contribution < 1.29 is 14.3 Å². The number of nitrogens with one attached hydrogen (secondary N) is 1. The molecular formula is C26H35N3O3S. The minimum atomic E-state index is -0.331. The first-order valence-corrected chi connectivity index (χ1v) is 12.8. The minimum Gasteiger partial charge on any atom is -0.462 e. The topological polar surface area (TPSA) is 61.9 Å². The van der Waals surface area contributed by atoms with Crippen molar-refractivity contribution in [1.29, 1.82) is 0 Å². The van der Waals surface area contributed by atoms with E-state index in [1.54, 1.807) is 0 Å². The zero-order chi connectivity index (χ0) is 23.4. The third-order valence-electron chi connectivity index (χ3n) is 6.43. The van der Waals surface area contributed by atoms with Gasteiger partial charge in [0.15, 0.2) is 0 Å². The van der Waals surface area contributed by atoms with Crippen LogP contribution >= 0.6 is 11.3 Å². The number of carbonyl (C=O) groups is 2. The first kappa shape index (κ1) is 23.9. The molecule has 0 unspecified atom stereocenters. The Balaban J connectivity index is 1.49. The second kappa shape index (κ2) is 10.8. The highest BCUT2D eigenvalue weighted by atomic mass is 32.1. The average molecular weight is 470 g/mol. The summed E-state index contributed by atoms with van der Waals surface area (Å²) in [6.07, 6.45) is 1.99. The Morgan fingerprint density at radius 2 is 1.85 bits per heavy atom. The quantitative estimate of drug-likeness (QED) is 0.609. The van der Waals surface area contributed by atoms with Crippen LogP contribution in [0.25, 0.3) is 0 Å². The van der Waals surface area contributed by atoms with Gasteiger partial charge in [-0.05, 0) is 42.7 Å². The number of rotatable bonds is 7. The van der Waals surface area contributed by atoms with E-state index in [1.807, 2.05) is 13.0 Å². The summed E-state index contributed by atoms with van der Waals surface area (Å²) in [5.41, 5.74) is 2.88. The summed E-state index contributed by atoms with van der Waals surface area (Å²) in [5, 5.41) is 3.71. The minimum absolute atomic E-state index is 0.0541. The summed E-state index contributed by atoms with van der Waals surface area (Å²) < 4.78 is 5.37. The number of esters is 1. The Bertz CT molecular complexity index is 965. The number of fused-ring (bicyclic) bond motifs is 1. The molecule has 1 saturated heterocycles. The van der Waals surface area contributed by atoms with Gasteiger partial charge in [0.2, 0.25) is 5.91 Å². The molecule has 1 amide bonds. The SMILES string of the molecule is CCOC(=O)c1c(NC(=O)CN2C[C@H](C)C[C@@H](C)C2)sc2c1CCN(Cc1ccccc1)C2. The molecule has 1 fully saturated rings. The fourth-order valence-electron chi connectivity index (χ4n) is 5.23. The Hall–Kier alpha value is -2.22. The molecule has 2 aliphatic heterocycles. The zero-order valence-electron chi connectivity index (χ0n) is 19.9. The summed E-state index contributed by atoms with van der Waals surface area (Å²) in [6, 6.07) is 10.4. The van der Waals surface area contributed by atoms with Crippen LogP contribution in [0.2, 0.25) is 0 Å². The molecule has 4 rings (SSSR count). The van der Waals surface area contributed by atoms with Gasteiger partial charge in [-0.15, -0.1) is 11.3 Å². The van der Waals surface area contributed by atoms with Crippen molar-refractivity contribution in [2.45, 2.75) is 46.7 Å². The van der Waals surface area contributed by atoms with Gasteiger partial charge in [-0.25, -0.2) is 4.79 Å². The summed E-state index contributed by atoms with van der Waals surface area (Å²) in [6.45, 7) is 11.4. The molecule has 33 heavy (non-hydrogen) atoms. The molecule has 178 valence electrons. The number of hydrogen-bond acceptors (Lipinski definition) is 6. The van der Waals surface area contributed by atoms with E-state index in [1.165, 1.54) is 23.3 Å². The Morgan fingerprint density at radius 3 is 2.55 bits per heavy atom. The molecule has 1 aromatic heterocycles. The lowest BCUT2D eigenvalue weighted by atomic mass is 9.92. The molecule has 0 bridgehead atoms. The molecule has 1 aromatic carbocycles. The number of amides is 1. The highest BCUT2D eigenvalue weighted by Gasteiger charge is 2.30. The van der Waals surface area contributed by atoms with Crippen molar-refractivity contribution in [3.63, 3.8) is 0 Å². The van der Waals surface area contributed by atoms with E-state index in [0.29, 0.717) is 35.6 Å². The summed E-state index contributed by atoms with van der Waals surface area (Å²) in [4.78, 5) is 31.5. The van der Waals surface area contributed by atoms with Gasteiger partial charge in [-0.1, -0.05) is 44.2 Å². The van der Waals surface area contributed by atoms with Crippen molar-refractivity contribution in [2.24, 2.45) is 11.8 Å². The highest BCUT2D eigenvalue weighted by molar-refractivity contribution is 7.17. The molecule has 2 aliphatic rings. The molecule has 7 heteroatoms. The number of hydrogen-bond donors (Lipinski definition) is 1. The van der Waals surface area contributed by atoms with Crippen molar-refractivity contribution in [3.8, 4) is 0 Å². The number of nitrogens with zero attached hydrogens (tertiary/aromatic N) is 2. The molecule has 0 aliphatic carbocycles. The normalized spacial score (nSPS) is 21.4. The lowest BCUT2D eigenvalue weighted by molar-refractivity contribution is -0.117. The van der Waals surface area contributed by atoms with Gasteiger partial charge in [0.25, 0.3) is 0 Å². The van der Waals surface area contributed by atoms with Crippen molar-refractivity contribution in [3.05, 3.63) is 51.9 Å². The maximum Gasteiger partial charge on any atom is 0.341 e. The predicted octanol–water partition coefficient (Wildman–Crippen LogP) is 4.40. The number of carbonyl (C=O) groups excluding carboxylic acids is 2. The van der Waals surface area contributed by atoms with E-state index in [4.69, 9.17) is 4.74 Å². The van der Waals surface area contributed by atoms with Gasteiger partial charge in [-0.2, -0.15) is 0 Å². The van der Waals surface area contributed by atoms with Gasteiger partial charge < -0.3 is 10.1 Å². The molecule has 2 aromatic rings. The largest absolute Gasteiger partial charge is 0.462 e. The van der Waals surface area contributed by atoms with Crippen molar-refractivity contribution in [1.82, 2.24) is 9.80 Å². The number of thiophene rings is 1. The third kappa shape index (κ3) is 6.02. The van der Waals surface area contributed by atoms with Crippen LogP contribution < -0.4 is 5.32 Å². The molecule has 0 spiro atoms. The number of anilines is 1. The van der Waals surface area contributed by atoms with Crippen LogP contribution in [0, 0.1) is 11.8 Å². The second-order valence-electron chi connectivity index (χ2n) is 9.56. The fraction of sp³-hybridized carbons (Fsp3) is 0.538. The van der Waals surface area contributed by atoms with Crippen LogP contribution in [0.5, 0.6) is 0 Å². The predicted molar refractivity (Wildman–Crippen MR) is 133 cm³/mol. The average Bonchev–Trinajstić information content (AvgIpc) is 3.10. The van der Waals surface area contributed by atoms with Gasteiger partial charge in [0, 0.05) is 37.6 Å². The molecule has 3 heterocycles. The summed E-state index contributed by atoms with van der Waals surface area (Å²) in [7, 11) is 0. The number of likely N-dealkylation sites (tertiary alicyclic amines) is 1. The Labute approximate surface area is 200 Å². The third-order valence-corrected chi connectivity index (χ3v) is 7.56. The van der Waals surface area contributed by atoms with Crippen LogP contribution in [0.1, 0.15) is 53.6 Å². The van der Waals surface area contributed by atoms with Crippen LogP contribution in [0.15, 0.2) is 30.3 Å². The molecule has 6 nitrogen and oxygen atoms in total. The molecule has 0 radical (unpaired) electrons. The van der Waals surface area contributed by atoms with Crippen LogP contribution in [-0.4, -0.2) is 54.5 Å². The lowest BCUT2D eigenvalue weighted by Crippen LogP contribution is -2.42. The second-order valence-corrected chi connectivity index (χ2v) is 10.7. The van der Waals surface area contributed by atoms with Gasteiger partial charge in [-0.3, -0.25) is 14.6 Å². The Kier molecular flexibility index (Phi) is 7.83. The standard InChI is InChI=1S/C26H35N3O3S/c1-4-32-26(31)24-21-10-11-28(15-20-8-6-5-7-9-20)16-22(21)33-25(24)27-23(30)17-29-13-18(2)12-19(3)14-29/h5-9,18-19H,4,10-17H2,1-3H3,(H,27,30)/t18-,19-/m1/s1. The monoisotopic (exact) mass is 469 g/mol. The van der Waals surface area contributed by atoms with E-state index < -0.39 is 0 Å². The first-order valence-electron chi connectivity index (χ1n) is 12.0. The van der Waals surface area contributed by atoms with E-state index in [2.05, 4.69) is 53.2 Å². The molecule has 0 saturated carbocycles. The number of piperidine rings is 1. The summed E-state index contributed by atoms with van der Waals surface area (Å²) in [5.74, 6) is 0.811. The van der Waals surface area contributed by atoms with Gasteiger partial charge in [0.1, 0.15) is 5.00 Å². The van der Waals surface area contributed by atoms with Crippen molar-refractivity contribution in [2.75, 3.05) is 38.1 Å².